The maximum atomic E-state index is 12.4. The highest BCUT2D eigenvalue weighted by Crippen LogP contribution is 2.31. The number of benzene rings is 1. The van der Waals surface area contributed by atoms with Gasteiger partial charge >= 0.3 is 5.97 Å². The Bertz CT molecular complexity index is 584. The summed E-state index contributed by atoms with van der Waals surface area (Å²) in [7, 11) is -3.47. The van der Waals surface area contributed by atoms with Crippen LogP contribution in [-0.4, -0.2) is 36.9 Å². The molecule has 1 atom stereocenters. The number of rotatable bonds is 4. The number of hydrogen-bond donors (Lipinski definition) is 1. The second kappa shape index (κ2) is 5.54. The fourth-order valence-corrected chi connectivity index (χ4v) is 4.17. The van der Waals surface area contributed by atoms with E-state index in [9.17, 15) is 18.3 Å². The van der Waals surface area contributed by atoms with Gasteiger partial charge in [0.15, 0.2) is 0 Å². The van der Waals surface area contributed by atoms with Crippen molar-refractivity contribution in [1.82, 2.24) is 4.31 Å². The molecule has 1 aliphatic heterocycles. The molecule has 1 aliphatic rings. The molecular formula is C14H19NO4S. The molecule has 1 unspecified atom stereocenters. The van der Waals surface area contributed by atoms with Crippen molar-refractivity contribution < 1.29 is 18.3 Å². The number of aliphatic carboxylic acids is 1. The van der Waals surface area contributed by atoms with Crippen LogP contribution in [0.4, 0.5) is 0 Å². The Hall–Kier alpha value is -1.40. The summed E-state index contributed by atoms with van der Waals surface area (Å²) in [6.45, 7) is 2.06. The molecule has 20 heavy (non-hydrogen) atoms. The molecule has 1 aromatic rings. The fourth-order valence-electron chi connectivity index (χ4n) is 2.48. The topological polar surface area (TPSA) is 74.7 Å². The number of carboxylic acids is 1. The highest BCUT2D eigenvalue weighted by molar-refractivity contribution is 7.88. The first-order valence-electron chi connectivity index (χ1n) is 6.59. The van der Waals surface area contributed by atoms with E-state index < -0.39 is 21.4 Å². The van der Waals surface area contributed by atoms with E-state index in [1.807, 2.05) is 6.07 Å². The van der Waals surface area contributed by atoms with Crippen LogP contribution in [0.15, 0.2) is 30.3 Å². The molecule has 5 nitrogen and oxygen atoms in total. The number of nitrogens with zero attached hydrogens (tertiary/aromatic N) is 1. The molecular weight excluding hydrogens is 278 g/mol. The van der Waals surface area contributed by atoms with Gasteiger partial charge in [0.2, 0.25) is 10.0 Å². The molecule has 2 rings (SSSR count). The summed E-state index contributed by atoms with van der Waals surface area (Å²) >= 11 is 0. The van der Waals surface area contributed by atoms with Gasteiger partial charge in [0.05, 0.1) is 11.2 Å². The third-order valence-electron chi connectivity index (χ3n) is 3.76. The summed E-state index contributed by atoms with van der Waals surface area (Å²) in [6, 6.07) is 8.94. The zero-order valence-corrected chi connectivity index (χ0v) is 12.3. The molecule has 1 N–H and O–H groups in total. The first kappa shape index (κ1) is 15.0. The Morgan fingerprint density at radius 2 is 2.00 bits per heavy atom. The first-order chi connectivity index (χ1) is 9.33. The number of piperidine rings is 1. The molecule has 1 saturated heterocycles. The molecule has 1 fully saturated rings. The van der Waals surface area contributed by atoms with E-state index in [1.165, 1.54) is 4.31 Å². The van der Waals surface area contributed by atoms with Gasteiger partial charge in [-0.15, -0.1) is 0 Å². The normalized spacial score (nSPS) is 24.4. The number of hydrogen-bond acceptors (Lipinski definition) is 3. The zero-order chi connectivity index (χ0) is 14.8. The summed E-state index contributed by atoms with van der Waals surface area (Å²) in [4.78, 5) is 11.3. The lowest BCUT2D eigenvalue weighted by Gasteiger charge is -2.36. The van der Waals surface area contributed by atoms with E-state index >= 15 is 0 Å². The van der Waals surface area contributed by atoms with E-state index in [0.717, 1.165) is 5.56 Å². The summed E-state index contributed by atoms with van der Waals surface area (Å²) in [5.41, 5.74) is -0.266. The largest absolute Gasteiger partial charge is 0.481 e. The molecule has 0 saturated carbocycles. The minimum absolute atomic E-state index is 0.0531. The predicted molar refractivity (Wildman–Crippen MR) is 75.6 cm³/mol. The maximum absolute atomic E-state index is 12.4. The van der Waals surface area contributed by atoms with Gasteiger partial charge in [-0.05, 0) is 25.3 Å². The standard InChI is InChI=1S/C14H19NO4S/c1-14(13(16)17)8-5-9-15(11-14)20(18,19)10-12-6-3-2-4-7-12/h2-4,6-7H,5,8-11H2,1H3,(H,16,17). The SMILES string of the molecule is CC1(C(=O)O)CCCN(S(=O)(=O)Cc2ccccc2)C1. The zero-order valence-electron chi connectivity index (χ0n) is 11.4. The van der Waals surface area contributed by atoms with Crippen LogP contribution in [0.3, 0.4) is 0 Å². The van der Waals surface area contributed by atoms with Gasteiger partial charge in [0, 0.05) is 13.1 Å². The van der Waals surface area contributed by atoms with Gasteiger partial charge in [0.1, 0.15) is 0 Å². The van der Waals surface area contributed by atoms with Crippen molar-refractivity contribution in [2.45, 2.75) is 25.5 Å². The van der Waals surface area contributed by atoms with Crippen molar-refractivity contribution in [2.75, 3.05) is 13.1 Å². The first-order valence-corrected chi connectivity index (χ1v) is 8.20. The minimum Gasteiger partial charge on any atom is -0.481 e. The second-order valence-electron chi connectivity index (χ2n) is 5.54. The van der Waals surface area contributed by atoms with Crippen LogP contribution < -0.4 is 0 Å². The average molecular weight is 297 g/mol. The van der Waals surface area contributed by atoms with Gasteiger partial charge in [-0.3, -0.25) is 4.79 Å². The molecule has 0 radical (unpaired) electrons. The Morgan fingerprint density at radius 3 is 2.60 bits per heavy atom. The van der Waals surface area contributed by atoms with Crippen LogP contribution in [-0.2, 0) is 20.6 Å². The number of carbonyl (C=O) groups is 1. The molecule has 0 spiro atoms. The highest BCUT2D eigenvalue weighted by Gasteiger charge is 2.41. The van der Waals surface area contributed by atoms with Crippen molar-refractivity contribution in [3.63, 3.8) is 0 Å². The van der Waals surface area contributed by atoms with Gasteiger partial charge in [-0.25, -0.2) is 12.7 Å². The second-order valence-corrected chi connectivity index (χ2v) is 7.51. The van der Waals surface area contributed by atoms with Gasteiger partial charge in [-0.1, -0.05) is 30.3 Å². The van der Waals surface area contributed by atoms with Crippen LogP contribution in [0.1, 0.15) is 25.3 Å². The Morgan fingerprint density at radius 1 is 1.35 bits per heavy atom. The minimum atomic E-state index is -3.47. The van der Waals surface area contributed by atoms with Crippen molar-refractivity contribution in [3.8, 4) is 0 Å². The molecule has 0 aromatic heterocycles. The van der Waals surface area contributed by atoms with Crippen LogP contribution in [0.2, 0.25) is 0 Å². The van der Waals surface area contributed by atoms with E-state index in [0.29, 0.717) is 19.4 Å². The summed E-state index contributed by atoms with van der Waals surface area (Å²) in [6.07, 6.45) is 1.09. The predicted octanol–water partition coefficient (Wildman–Crippen LogP) is 1.70. The lowest BCUT2D eigenvalue weighted by atomic mass is 9.83. The Kier molecular flexibility index (Phi) is 4.15. The molecule has 6 heteroatoms. The van der Waals surface area contributed by atoms with Gasteiger partial charge < -0.3 is 5.11 Å². The van der Waals surface area contributed by atoms with E-state index in [-0.39, 0.29) is 12.3 Å². The third-order valence-corrected chi connectivity index (χ3v) is 5.56. The van der Waals surface area contributed by atoms with Crippen molar-refractivity contribution >= 4 is 16.0 Å². The Balaban J connectivity index is 2.16. The monoisotopic (exact) mass is 297 g/mol. The van der Waals surface area contributed by atoms with Crippen LogP contribution in [0.25, 0.3) is 0 Å². The lowest BCUT2D eigenvalue weighted by molar-refractivity contribution is -0.150. The molecule has 110 valence electrons. The third kappa shape index (κ3) is 3.19. The fraction of sp³-hybridized carbons (Fsp3) is 0.500. The molecule has 0 aliphatic carbocycles. The molecule has 0 bridgehead atoms. The lowest BCUT2D eigenvalue weighted by Crippen LogP contribution is -2.48. The van der Waals surface area contributed by atoms with E-state index in [4.69, 9.17) is 0 Å². The summed E-state index contributed by atoms with van der Waals surface area (Å²) < 4.78 is 26.1. The smallest absolute Gasteiger partial charge is 0.310 e. The van der Waals surface area contributed by atoms with Crippen molar-refractivity contribution in [1.29, 1.82) is 0 Å². The van der Waals surface area contributed by atoms with Crippen molar-refractivity contribution in [2.24, 2.45) is 5.41 Å². The van der Waals surface area contributed by atoms with Crippen molar-refractivity contribution in [3.05, 3.63) is 35.9 Å². The summed E-state index contributed by atoms with van der Waals surface area (Å²) in [5, 5.41) is 9.25. The quantitative estimate of drug-likeness (QED) is 0.918. The number of carboxylic acid groups (broad SMARTS) is 1. The average Bonchev–Trinajstić information content (AvgIpc) is 2.39. The van der Waals surface area contributed by atoms with Gasteiger partial charge in [-0.2, -0.15) is 0 Å². The highest BCUT2D eigenvalue weighted by atomic mass is 32.2. The van der Waals surface area contributed by atoms with E-state index in [2.05, 4.69) is 0 Å². The molecule has 1 aromatic carbocycles. The maximum Gasteiger partial charge on any atom is 0.310 e. The van der Waals surface area contributed by atoms with Crippen LogP contribution in [0.5, 0.6) is 0 Å². The molecule has 0 amide bonds. The van der Waals surface area contributed by atoms with Crippen LogP contribution in [0, 0.1) is 5.41 Å². The van der Waals surface area contributed by atoms with E-state index in [1.54, 1.807) is 31.2 Å². The summed E-state index contributed by atoms with van der Waals surface area (Å²) in [5.74, 6) is -1.01. The number of sulfonamides is 1. The van der Waals surface area contributed by atoms with Crippen LogP contribution >= 0.6 is 0 Å². The van der Waals surface area contributed by atoms with Gasteiger partial charge in [0.25, 0.3) is 0 Å². The molecule has 1 heterocycles. The Labute approximate surface area is 119 Å².